The van der Waals surface area contributed by atoms with Gasteiger partial charge in [-0.3, -0.25) is 14.4 Å². The molecule has 12 nitrogen and oxygen atoms in total. The van der Waals surface area contributed by atoms with E-state index in [0.717, 1.165) is 33.6 Å². The first kappa shape index (κ1) is 36.3. The molecule has 4 aromatic rings. The van der Waals surface area contributed by atoms with Crippen LogP contribution in [0.2, 0.25) is 0 Å². The summed E-state index contributed by atoms with van der Waals surface area (Å²) in [5, 5.41) is 17.7. The number of aromatic amines is 1. The van der Waals surface area contributed by atoms with Crippen LogP contribution in [0.5, 0.6) is 0 Å². The van der Waals surface area contributed by atoms with E-state index in [-0.39, 0.29) is 49.4 Å². The molecule has 0 saturated carbocycles. The summed E-state index contributed by atoms with van der Waals surface area (Å²) in [6.45, 7) is 0.356. The van der Waals surface area contributed by atoms with E-state index >= 15 is 0 Å². The number of hydrogen-bond acceptors (Lipinski definition) is 6. The van der Waals surface area contributed by atoms with Crippen molar-refractivity contribution in [3.63, 3.8) is 0 Å². The predicted molar refractivity (Wildman–Crippen MR) is 194 cm³/mol. The number of carbonyl (C=O) groups excluding carboxylic acids is 3. The molecule has 4 aliphatic rings. The molecule has 2 aromatic carbocycles. The van der Waals surface area contributed by atoms with Crippen LogP contribution >= 0.6 is 12.4 Å². The highest BCUT2D eigenvalue weighted by molar-refractivity contribution is 5.99. The first-order valence-corrected chi connectivity index (χ1v) is 17.7. The van der Waals surface area contributed by atoms with Crippen LogP contribution in [0.15, 0.2) is 67.0 Å². The number of Topliss-reactive ketones (excluding diaryl/α,β-unsaturated/α-hetero) is 1. The van der Waals surface area contributed by atoms with Crippen molar-refractivity contribution in [3.05, 3.63) is 84.1 Å². The SMILES string of the molecule is Cl.O=C(O)N[C@H]1CCc2ccn3c2C1C(=O)C[C@H](C(=O)N1CCC[C@H]1C(=O)Nc1ccc(-c2ccc(-c4cnc([C@@H]5CC(F)(F)CN5)[nH]4)cc2)cc1)C3. The average Bonchev–Trinajstić information content (AvgIpc) is 3.94. The Morgan fingerprint density at radius 1 is 0.981 bits per heavy atom. The smallest absolute Gasteiger partial charge is 0.404 e. The Kier molecular flexibility index (Phi) is 9.85. The molecule has 2 fully saturated rings. The van der Waals surface area contributed by atoms with Gasteiger partial charge in [0.25, 0.3) is 5.92 Å². The number of likely N-dealkylation sites (tertiary alicyclic amines) is 1. The first-order chi connectivity index (χ1) is 25.0. The van der Waals surface area contributed by atoms with Gasteiger partial charge in [-0.1, -0.05) is 36.4 Å². The fourth-order valence-electron chi connectivity index (χ4n) is 8.40. The second-order valence-corrected chi connectivity index (χ2v) is 14.3. The van der Waals surface area contributed by atoms with Crippen molar-refractivity contribution < 1.29 is 33.1 Å². The molecule has 2 saturated heterocycles. The number of anilines is 1. The maximum Gasteiger partial charge on any atom is 0.404 e. The van der Waals surface area contributed by atoms with Crippen molar-refractivity contribution in [1.82, 2.24) is 30.1 Å². The van der Waals surface area contributed by atoms with Crippen molar-refractivity contribution in [2.75, 3.05) is 18.4 Å². The lowest BCUT2D eigenvalue weighted by Gasteiger charge is -2.31. The molecule has 1 unspecified atom stereocenters. The lowest BCUT2D eigenvalue weighted by atomic mass is 9.79. The van der Waals surface area contributed by atoms with Gasteiger partial charge in [0, 0.05) is 49.6 Å². The summed E-state index contributed by atoms with van der Waals surface area (Å²) in [7, 11) is 0. The van der Waals surface area contributed by atoms with E-state index in [0.29, 0.717) is 50.3 Å². The molecule has 3 aliphatic heterocycles. The van der Waals surface area contributed by atoms with Gasteiger partial charge in [0.2, 0.25) is 11.8 Å². The number of aromatic nitrogens is 3. The van der Waals surface area contributed by atoms with Gasteiger partial charge >= 0.3 is 6.09 Å². The van der Waals surface area contributed by atoms with Crippen LogP contribution in [0.4, 0.5) is 19.3 Å². The maximum atomic E-state index is 14.0. The number of rotatable bonds is 7. The Hall–Kier alpha value is -5.08. The van der Waals surface area contributed by atoms with Crippen LogP contribution in [-0.2, 0) is 27.3 Å². The third-order valence-electron chi connectivity index (χ3n) is 10.9. The summed E-state index contributed by atoms with van der Waals surface area (Å²) in [5.74, 6) is -4.24. The molecule has 5 atom stereocenters. The zero-order valence-corrected chi connectivity index (χ0v) is 29.5. The number of nitrogens with one attached hydrogen (secondary N) is 4. The van der Waals surface area contributed by atoms with Gasteiger partial charge in [-0.2, -0.15) is 0 Å². The molecule has 5 heterocycles. The number of nitrogens with zero attached hydrogens (tertiary/aromatic N) is 3. The van der Waals surface area contributed by atoms with E-state index in [1.54, 1.807) is 11.1 Å². The molecule has 278 valence electrons. The molecule has 15 heteroatoms. The summed E-state index contributed by atoms with van der Waals surface area (Å²) in [4.78, 5) is 61.7. The monoisotopic (exact) mass is 747 g/mol. The molecule has 0 bridgehead atoms. The zero-order valence-electron chi connectivity index (χ0n) is 28.7. The third kappa shape index (κ3) is 7.17. The van der Waals surface area contributed by atoms with Gasteiger partial charge in [-0.15, -0.1) is 12.4 Å². The van der Waals surface area contributed by atoms with Gasteiger partial charge in [-0.05, 0) is 66.1 Å². The summed E-state index contributed by atoms with van der Waals surface area (Å²) >= 11 is 0. The van der Waals surface area contributed by atoms with E-state index in [1.165, 1.54) is 0 Å². The average molecular weight is 748 g/mol. The largest absolute Gasteiger partial charge is 0.465 e. The summed E-state index contributed by atoms with van der Waals surface area (Å²) in [6.07, 6.45) is 4.38. The Balaban J connectivity index is 0.00000435. The van der Waals surface area contributed by atoms with Crippen LogP contribution in [0.1, 0.15) is 61.1 Å². The fraction of sp³-hybridized carbons (Fsp3) is 0.395. The van der Waals surface area contributed by atoms with Crippen molar-refractivity contribution in [3.8, 4) is 22.4 Å². The molecule has 0 spiro atoms. The van der Waals surface area contributed by atoms with Crippen LogP contribution in [-0.4, -0.2) is 79.3 Å². The van der Waals surface area contributed by atoms with E-state index in [2.05, 4.69) is 25.9 Å². The Morgan fingerprint density at radius 3 is 2.40 bits per heavy atom. The summed E-state index contributed by atoms with van der Waals surface area (Å²) < 4.78 is 29.2. The normalized spacial score (nSPS) is 24.5. The number of H-pyrrole nitrogens is 1. The number of imidazole rings is 1. The minimum atomic E-state index is -2.74. The second kappa shape index (κ2) is 14.4. The van der Waals surface area contributed by atoms with E-state index in [1.807, 2.05) is 65.4 Å². The Morgan fingerprint density at radius 2 is 1.70 bits per heavy atom. The first-order valence-electron chi connectivity index (χ1n) is 17.7. The number of hydrogen-bond donors (Lipinski definition) is 5. The standard InChI is InChI=1S/C38H39F2N7O5.ClH/c39-38(40)17-28(42-20-38)34-41-18-29(44-34)23-5-3-21(4-6-23)22-7-10-26(11-8-22)43-35(49)30-2-1-14-47(30)36(50)25-16-31(48)32-27(45-37(51)52)12-9-24-13-15-46(19-25)33(24)32;/h3-8,10-11,13,15,18,25,27-28,30,32,42,45H,1-2,9,12,14,16-17,19-20H2,(H,41,44)(H,43,49)(H,51,52);1H/t25-,27-,28-,30-,32?;/m0./s1. The van der Waals surface area contributed by atoms with Gasteiger partial charge in [0.1, 0.15) is 17.6 Å². The third-order valence-corrected chi connectivity index (χ3v) is 10.9. The number of carboxylic acid groups (broad SMARTS) is 1. The van der Waals surface area contributed by atoms with Crippen LogP contribution < -0.4 is 16.0 Å². The Labute approximate surface area is 310 Å². The zero-order chi connectivity index (χ0) is 36.1. The minimum Gasteiger partial charge on any atom is -0.465 e. The second-order valence-electron chi connectivity index (χ2n) is 14.3. The molecule has 1 aliphatic carbocycles. The van der Waals surface area contributed by atoms with Crippen LogP contribution in [0, 0.1) is 5.92 Å². The van der Waals surface area contributed by atoms with Crippen molar-refractivity contribution in [2.24, 2.45) is 5.92 Å². The van der Waals surface area contributed by atoms with Crippen molar-refractivity contribution >= 4 is 41.8 Å². The molecule has 8 rings (SSSR count). The van der Waals surface area contributed by atoms with Gasteiger partial charge in [-0.25, -0.2) is 18.6 Å². The van der Waals surface area contributed by atoms with E-state index < -0.39 is 42.0 Å². The fourth-order valence-corrected chi connectivity index (χ4v) is 8.40. The highest BCUT2D eigenvalue weighted by Crippen LogP contribution is 2.39. The maximum absolute atomic E-state index is 14.0. The van der Waals surface area contributed by atoms with Crippen molar-refractivity contribution in [2.45, 2.75) is 75.0 Å². The summed E-state index contributed by atoms with van der Waals surface area (Å²) in [6, 6.07) is 15.4. The van der Waals surface area contributed by atoms with Crippen LogP contribution in [0.3, 0.4) is 0 Å². The van der Waals surface area contributed by atoms with Gasteiger partial charge in [0.05, 0.1) is 36.3 Å². The number of ketones is 1. The topological polar surface area (TPSA) is 161 Å². The molecule has 5 N–H and O–H groups in total. The molecule has 3 amide bonds. The number of benzene rings is 2. The van der Waals surface area contributed by atoms with Crippen LogP contribution in [0.25, 0.3) is 22.4 Å². The lowest BCUT2D eigenvalue weighted by molar-refractivity contribution is -0.142. The van der Waals surface area contributed by atoms with Gasteiger partial charge < -0.3 is 35.5 Å². The molecular formula is C38H40ClF2N7O5. The number of alkyl halides is 2. The molecule has 53 heavy (non-hydrogen) atoms. The van der Waals surface area contributed by atoms with Gasteiger partial charge in [0.15, 0.2) is 0 Å². The number of amides is 3. The molecular weight excluding hydrogens is 708 g/mol. The summed E-state index contributed by atoms with van der Waals surface area (Å²) in [5.41, 5.74) is 5.88. The van der Waals surface area contributed by atoms with E-state index in [9.17, 15) is 33.1 Å². The molecule has 0 radical (unpaired) electrons. The quantitative estimate of drug-likeness (QED) is 0.166. The number of aryl methyl sites for hydroxylation is 1. The van der Waals surface area contributed by atoms with E-state index in [4.69, 9.17) is 0 Å². The number of halogens is 3. The lowest BCUT2D eigenvalue weighted by Crippen LogP contribution is -2.47. The molecule has 2 aromatic heterocycles. The minimum absolute atomic E-state index is 0. The highest BCUT2D eigenvalue weighted by Gasteiger charge is 2.45. The predicted octanol–water partition coefficient (Wildman–Crippen LogP) is 5.52. The number of carbonyl (C=O) groups is 4. The van der Waals surface area contributed by atoms with Crippen molar-refractivity contribution in [1.29, 1.82) is 0 Å². The highest BCUT2D eigenvalue weighted by atomic mass is 35.5. The Bertz CT molecular complexity index is 2030.